The number of nitrogens with zero attached hydrogens (tertiary/aromatic N) is 5. The molecular formula is C13H16ClN5O. The van der Waals surface area contributed by atoms with Gasteiger partial charge in [-0.2, -0.15) is 9.67 Å². The number of anilines is 2. The van der Waals surface area contributed by atoms with E-state index in [0.29, 0.717) is 22.5 Å². The van der Waals surface area contributed by atoms with E-state index in [9.17, 15) is 4.79 Å². The molecule has 7 heteroatoms. The molecule has 0 saturated heterocycles. The second-order valence-electron chi connectivity index (χ2n) is 4.70. The Morgan fingerprint density at radius 1 is 1.15 bits per heavy atom. The van der Waals surface area contributed by atoms with Crippen molar-refractivity contribution >= 4 is 29.4 Å². The van der Waals surface area contributed by atoms with Crippen molar-refractivity contribution < 1.29 is 4.79 Å². The van der Waals surface area contributed by atoms with Gasteiger partial charge in [-0.05, 0) is 12.1 Å². The van der Waals surface area contributed by atoms with Crippen LogP contribution in [0.3, 0.4) is 0 Å². The minimum Gasteiger partial charge on any atom is -0.347 e. The molecule has 6 nitrogen and oxygen atoms in total. The SMILES string of the molecule is CN(C)c1nc(N(C)C)n(C(=O)c2ccccc2Cl)n1. The molecule has 20 heavy (non-hydrogen) atoms. The van der Waals surface area contributed by atoms with Gasteiger partial charge in [-0.1, -0.05) is 23.7 Å². The number of halogens is 1. The summed E-state index contributed by atoms with van der Waals surface area (Å²) in [6, 6.07) is 6.88. The van der Waals surface area contributed by atoms with Crippen LogP contribution in [-0.4, -0.2) is 48.9 Å². The van der Waals surface area contributed by atoms with Crippen LogP contribution >= 0.6 is 11.6 Å². The number of rotatable bonds is 3. The first-order chi connectivity index (χ1) is 9.41. The van der Waals surface area contributed by atoms with E-state index >= 15 is 0 Å². The highest BCUT2D eigenvalue weighted by Crippen LogP contribution is 2.20. The molecule has 0 aliphatic heterocycles. The summed E-state index contributed by atoms with van der Waals surface area (Å²) in [5, 5.41) is 4.62. The molecule has 0 atom stereocenters. The zero-order valence-corrected chi connectivity index (χ0v) is 12.6. The fourth-order valence-corrected chi connectivity index (χ4v) is 1.87. The van der Waals surface area contributed by atoms with E-state index in [1.54, 1.807) is 48.2 Å². The number of carbonyl (C=O) groups excluding carboxylic acids is 1. The minimum atomic E-state index is -0.306. The van der Waals surface area contributed by atoms with Gasteiger partial charge in [0.25, 0.3) is 5.91 Å². The number of hydrogen-bond donors (Lipinski definition) is 0. The molecule has 0 saturated carbocycles. The van der Waals surface area contributed by atoms with Gasteiger partial charge in [0.05, 0.1) is 10.6 Å². The standard InChI is InChI=1S/C13H16ClN5O/c1-17(2)12-15-13(18(3)4)19(16-12)11(20)9-7-5-6-8-10(9)14/h5-8H,1-4H3. The van der Waals surface area contributed by atoms with Crippen molar-refractivity contribution in [3.05, 3.63) is 34.9 Å². The molecule has 0 aliphatic carbocycles. The Morgan fingerprint density at radius 2 is 1.80 bits per heavy atom. The maximum atomic E-state index is 12.6. The smallest absolute Gasteiger partial charge is 0.282 e. The Kier molecular flexibility index (Phi) is 3.94. The highest BCUT2D eigenvalue weighted by molar-refractivity contribution is 6.33. The summed E-state index contributed by atoms with van der Waals surface area (Å²) in [6.07, 6.45) is 0. The highest BCUT2D eigenvalue weighted by Gasteiger charge is 2.21. The molecule has 0 radical (unpaired) electrons. The topological polar surface area (TPSA) is 54.3 Å². The second-order valence-corrected chi connectivity index (χ2v) is 5.10. The van der Waals surface area contributed by atoms with E-state index in [2.05, 4.69) is 10.1 Å². The molecule has 0 unspecified atom stereocenters. The third-order valence-electron chi connectivity index (χ3n) is 2.68. The van der Waals surface area contributed by atoms with Crippen molar-refractivity contribution in [3.63, 3.8) is 0 Å². The van der Waals surface area contributed by atoms with E-state index in [0.717, 1.165) is 0 Å². The first-order valence-corrected chi connectivity index (χ1v) is 6.40. The first kappa shape index (κ1) is 14.3. The van der Waals surface area contributed by atoms with Gasteiger partial charge in [-0.15, -0.1) is 5.10 Å². The quantitative estimate of drug-likeness (QED) is 0.863. The summed E-state index contributed by atoms with van der Waals surface area (Å²) in [7, 11) is 7.25. The van der Waals surface area contributed by atoms with E-state index in [4.69, 9.17) is 11.6 Å². The molecule has 1 aromatic heterocycles. The predicted molar refractivity (Wildman–Crippen MR) is 79.9 cm³/mol. The van der Waals surface area contributed by atoms with Crippen LogP contribution in [0.5, 0.6) is 0 Å². The van der Waals surface area contributed by atoms with Crippen molar-refractivity contribution in [1.82, 2.24) is 14.8 Å². The third-order valence-corrected chi connectivity index (χ3v) is 3.01. The highest BCUT2D eigenvalue weighted by atomic mass is 35.5. The number of hydrogen-bond acceptors (Lipinski definition) is 5. The number of carbonyl (C=O) groups is 1. The van der Waals surface area contributed by atoms with Crippen molar-refractivity contribution in [1.29, 1.82) is 0 Å². The molecule has 0 bridgehead atoms. The van der Waals surface area contributed by atoms with Crippen LogP contribution in [0.25, 0.3) is 0 Å². The van der Waals surface area contributed by atoms with Crippen molar-refractivity contribution in [3.8, 4) is 0 Å². The molecule has 1 heterocycles. The molecule has 106 valence electrons. The zero-order valence-electron chi connectivity index (χ0n) is 11.8. The van der Waals surface area contributed by atoms with Crippen molar-refractivity contribution in [2.45, 2.75) is 0 Å². The molecule has 0 N–H and O–H groups in total. The maximum Gasteiger partial charge on any atom is 0.282 e. The summed E-state index contributed by atoms with van der Waals surface area (Å²) in [5.74, 6) is 0.618. The monoisotopic (exact) mass is 293 g/mol. The van der Waals surface area contributed by atoms with Gasteiger partial charge >= 0.3 is 0 Å². The lowest BCUT2D eigenvalue weighted by molar-refractivity contribution is 0.0947. The molecular weight excluding hydrogens is 278 g/mol. The largest absolute Gasteiger partial charge is 0.347 e. The Balaban J connectivity index is 2.51. The normalized spacial score (nSPS) is 10.4. The second kappa shape index (κ2) is 5.50. The van der Waals surface area contributed by atoms with E-state index in [1.807, 2.05) is 14.1 Å². The summed E-state index contributed by atoms with van der Waals surface area (Å²) in [4.78, 5) is 20.4. The molecule has 2 rings (SSSR count). The fourth-order valence-electron chi connectivity index (χ4n) is 1.66. The van der Waals surface area contributed by atoms with Crippen LogP contribution in [0, 0.1) is 0 Å². The fraction of sp³-hybridized carbons (Fsp3) is 0.308. The first-order valence-electron chi connectivity index (χ1n) is 6.02. The van der Waals surface area contributed by atoms with Crippen molar-refractivity contribution in [2.24, 2.45) is 0 Å². The summed E-state index contributed by atoms with van der Waals surface area (Å²) in [5.41, 5.74) is 0.396. The van der Waals surface area contributed by atoms with E-state index in [1.165, 1.54) is 4.68 Å². The van der Waals surface area contributed by atoms with Gasteiger partial charge in [-0.3, -0.25) is 4.79 Å². The molecule has 0 fully saturated rings. The lowest BCUT2D eigenvalue weighted by Gasteiger charge is -2.11. The predicted octanol–water partition coefficient (Wildman–Crippen LogP) is 1.75. The average molecular weight is 294 g/mol. The summed E-state index contributed by atoms with van der Waals surface area (Å²) in [6.45, 7) is 0. The number of benzene rings is 1. The van der Waals surface area contributed by atoms with Gasteiger partial charge in [0.1, 0.15) is 0 Å². The van der Waals surface area contributed by atoms with Gasteiger partial charge in [0, 0.05) is 28.2 Å². The van der Waals surface area contributed by atoms with Gasteiger partial charge < -0.3 is 9.80 Å². The Hall–Kier alpha value is -2.08. The Labute approximate surface area is 122 Å². The molecule has 0 aliphatic rings. The molecule has 0 amide bonds. The zero-order chi connectivity index (χ0) is 14.9. The van der Waals surface area contributed by atoms with Crippen LogP contribution in [-0.2, 0) is 0 Å². The van der Waals surface area contributed by atoms with Crippen LogP contribution in [0.2, 0.25) is 5.02 Å². The van der Waals surface area contributed by atoms with Gasteiger partial charge in [0.2, 0.25) is 11.9 Å². The van der Waals surface area contributed by atoms with Crippen LogP contribution < -0.4 is 9.80 Å². The Morgan fingerprint density at radius 3 is 2.35 bits per heavy atom. The summed E-state index contributed by atoms with van der Waals surface area (Å²) < 4.78 is 1.26. The van der Waals surface area contributed by atoms with Crippen molar-refractivity contribution in [2.75, 3.05) is 38.0 Å². The van der Waals surface area contributed by atoms with E-state index in [-0.39, 0.29) is 5.91 Å². The number of aromatic nitrogens is 3. The van der Waals surface area contributed by atoms with Crippen LogP contribution in [0.4, 0.5) is 11.9 Å². The molecule has 1 aromatic carbocycles. The summed E-state index contributed by atoms with van der Waals surface area (Å²) >= 11 is 6.06. The third kappa shape index (κ3) is 2.60. The molecule has 2 aromatic rings. The van der Waals surface area contributed by atoms with Gasteiger partial charge in [0.15, 0.2) is 0 Å². The maximum absolute atomic E-state index is 12.6. The van der Waals surface area contributed by atoms with Crippen LogP contribution in [0.1, 0.15) is 10.4 Å². The van der Waals surface area contributed by atoms with Gasteiger partial charge in [-0.25, -0.2) is 0 Å². The lowest BCUT2D eigenvalue weighted by Crippen LogP contribution is -2.22. The van der Waals surface area contributed by atoms with Crippen LogP contribution in [0.15, 0.2) is 24.3 Å². The lowest BCUT2D eigenvalue weighted by atomic mass is 10.2. The molecule has 0 spiro atoms. The van der Waals surface area contributed by atoms with E-state index < -0.39 is 0 Å². The minimum absolute atomic E-state index is 0.306. The Bertz CT molecular complexity index is 635. The average Bonchev–Trinajstić information content (AvgIpc) is 2.84.